The summed E-state index contributed by atoms with van der Waals surface area (Å²) in [4.78, 5) is 0. The van der Waals surface area contributed by atoms with Crippen LogP contribution in [0.25, 0.3) is 10.9 Å². The molecule has 0 unspecified atom stereocenters. The number of aromatic nitrogens is 2. The third-order valence-electron chi connectivity index (χ3n) is 4.06. The van der Waals surface area contributed by atoms with Gasteiger partial charge in [0.15, 0.2) is 6.29 Å². The van der Waals surface area contributed by atoms with Gasteiger partial charge in [0.25, 0.3) is 0 Å². The van der Waals surface area contributed by atoms with Crippen LogP contribution in [0.3, 0.4) is 0 Å². The highest BCUT2D eigenvalue weighted by Crippen LogP contribution is 2.28. The normalized spacial score (nSPS) is 16.5. The smallest absolute Gasteiger partial charge is 0.184 e. The van der Waals surface area contributed by atoms with Crippen molar-refractivity contribution in [1.29, 1.82) is 0 Å². The van der Waals surface area contributed by atoms with E-state index in [1.807, 2.05) is 11.6 Å². The molecule has 0 amide bonds. The largest absolute Gasteiger partial charge is 0.360 e. The number of fused-ring (bicyclic) bond motifs is 1. The van der Waals surface area contributed by atoms with E-state index in [2.05, 4.69) is 42.9 Å². The van der Waals surface area contributed by atoms with Crippen molar-refractivity contribution in [2.24, 2.45) is 0 Å². The summed E-state index contributed by atoms with van der Waals surface area (Å²) in [5, 5.41) is 5.75. The predicted octanol–water partition coefficient (Wildman–Crippen LogP) is 3.70. The quantitative estimate of drug-likeness (QED) is 0.597. The van der Waals surface area contributed by atoms with E-state index in [0.29, 0.717) is 19.9 Å². The molecule has 6 heteroatoms. The van der Waals surface area contributed by atoms with Crippen molar-refractivity contribution in [3.8, 4) is 0 Å². The molecule has 5 nitrogen and oxygen atoms in total. The van der Waals surface area contributed by atoms with Crippen LogP contribution in [-0.2, 0) is 20.9 Å². The fraction of sp³-hybridized carbons (Fsp3) is 0.588. The number of rotatable bonds is 6. The first kappa shape index (κ1) is 16.6. The fourth-order valence-corrected chi connectivity index (χ4v) is 3.44. The van der Waals surface area contributed by atoms with Gasteiger partial charge < -0.3 is 14.2 Å². The lowest BCUT2D eigenvalue weighted by atomic mass is 10.1. The monoisotopic (exact) mass is 334 g/mol. The average Bonchev–Trinajstić information content (AvgIpc) is 3.11. The van der Waals surface area contributed by atoms with E-state index in [0.717, 1.165) is 28.8 Å². The molecule has 0 saturated carbocycles. The van der Waals surface area contributed by atoms with E-state index >= 15 is 0 Å². The van der Waals surface area contributed by atoms with Gasteiger partial charge in [0.05, 0.1) is 24.4 Å². The molecule has 126 valence electrons. The highest BCUT2D eigenvalue weighted by molar-refractivity contribution is 6.76. The van der Waals surface area contributed by atoms with Crippen molar-refractivity contribution < 1.29 is 14.2 Å². The van der Waals surface area contributed by atoms with Gasteiger partial charge >= 0.3 is 0 Å². The summed E-state index contributed by atoms with van der Waals surface area (Å²) in [5.41, 5.74) is 3.16. The maximum absolute atomic E-state index is 5.83. The Bertz CT molecular complexity index is 672. The summed E-state index contributed by atoms with van der Waals surface area (Å²) >= 11 is 0. The molecule has 2 heterocycles. The van der Waals surface area contributed by atoms with Gasteiger partial charge in [0.2, 0.25) is 0 Å². The van der Waals surface area contributed by atoms with Crippen LogP contribution in [0.1, 0.15) is 17.5 Å². The molecule has 0 spiro atoms. The summed E-state index contributed by atoms with van der Waals surface area (Å²) in [7, 11) is -1.05. The summed E-state index contributed by atoms with van der Waals surface area (Å²) in [5.74, 6) is 0. The van der Waals surface area contributed by atoms with E-state index in [1.165, 1.54) is 6.04 Å². The SMILES string of the molecule is Cc1nn(COCC[Si](C)(C)C)c2ccc(C3OCCO3)cc12. The predicted molar refractivity (Wildman–Crippen MR) is 93.2 cm³/mol. The molecular formula is C17H26N2O3Si. The minimum atomic E-state index is -1.05. The highest BCUT2D eigenvalue weighted by Gasteiger charge is 2.20. The molecule has 1 aromatic carbocycles. The molecule has 2 aromatic rings. The van der Waals surface area contributed by atoms with Gasteiger partial charge in [0.1, 0.15) is 6.73 Å². The lowest BCUT2D eigenvalue weighted by molar-refractivity contribution is -0.0440. The number of benzene rings is 1. The van der Waals surface area contributed by atoms with E-state index in [-0.39, 0.29) is 6.29 Å². The Hall–Kier alpha value is -1.21. The van der Waals surface area contributed by atoms with Crippen molar-refractivity contribution in [3.63, 3.8) is 0 Å². The summed E-state index contributed by atoms with van der Waals surface area (Å²) in [6, 6.07) is 7.42. The number of aryl methyl sites for hydroxylation is 1. The molecule has 1 aliphatic rings. The molecule has 0 atom stereocenters. The molecule has 1 aromatic heterocycles. The third kappa shape index (κ3) is 4.01. The second-order valence-electron chi connectivity index (χ2n) is 7.28. The molecule has 1 fully saturated rings. The topological polar surface area (TPSA) is 45.5 Å². The van der Waals surface area contributed by atoms with Gasteiger partial charge in [0, 0.05) is 25.6 Å². The van der Waals surface area contributed by atoms with Crippen molar-refractivity contribution in [2.45, 2.75) is 45.6 Å². The van der Waals surface area contributed by atoms with E-state index in [9.17, 15) is 0 Å². The van der Waals surface area contributed by atoms with Crippen LogP contribution in [0.5, 0.6) is 0 Å². The second kappa shape index (κ2) is 6.73. The Morgan fingerprint density at radius 2 is 2.00 bits per heavy atom. The van der Waals surface area contributed by atoms with E-state index in [1.54, 1.807) is 0 Å². The number of hydrogen-bond acceptors (Lipinski definition) is 4. The fourth-order valence-electron chi connectivity index (χ4n) is 2.68. The van der Waals surface area contributed by atoms with Gasteiger partial charge in [-0.15, -0.1) is 0 Å². The Kier molecular flexibility index (Phi) is 4.87. The molecule has 0 N–H and O–H groups in total. The average molecular weight is 334 g/mol. The van der Waals surface area contributed by atoms with Crippen LogP contribution in [0, 0.1) is 6.92 Å². The Morgan fingerprint density at radius 1 is 1.26 bits per heavy atom. The molecular weight excluding hydrogens is 308 g/mol. The zero-order chi connectivity index (χ0) is 16.4. The first-order valence-electron chi connectivity index (χ1n) is 8.22. The van der Waals surface area contributed by atoms with Crippen LogP contribution in [0.2, 0.25) is 25.7 Å². The number of hydrogen-bond donors (Lipinski definition) is 0. The molecule has 1 saturated heterocycles. The van der Waals surface area contributed by atoms with Gasteiger partial charge in [-0.25, -0.2) is 4.68 Å². The molecule has 0 aliphatic carbocycles. The molecule has 23 heavy (non-hydrogen) atoms. The number of nitrogens with zero attached hydrogens (tertiary/aromatic N) is 2. The van der Waals surface area contributed by atoms with Gasteiger partial charge in [-0.3, -0.25) is 0 Å². The van der Waals surface area contributed by atoms with Crippen LogP contribution in [0.4, 0.5) is 0 Å². The minimum absolute atomic E-state index is 0.241. The first-order chi connectivity index (χ1) is 10.9. The summed E-state index contributed by atoms with van der Waals surface area (Å²) < 4.78 is 18.9. The summed E-state index contributed by atoms with van der Waals surface area (Å²) in [6.07, 6.45) is -0.241. The van der Waals surface area contributed by atoms with Crippen molar-refractivity contribution in [1.82, 2.24) is 9.78 Å². The van der Waals surface area contributed by atoms with Crippen molar-refractivity contribution in [3.05, 3.63) is 29.5 Å². The molecule has 0 radical (unpaired) electrons. The summed E-state index contributed by atoms with van der Waals surface area (Å²) in [6.45, 7) is 11.7. The molecule has 1 aliphatic heterocycles. The van der Waals surface area contributed by atoms with Crippen LogP contribution in [-0.4, -0.2) is 37.7 Å². The second-order valence-corrected chi connectivity index (χ2v) is 12.9. The van der Waals surface area contributed by atoms with Crippen molar-refractivity contribution in [2.75, 3.05) is 19.8 Å². The lowest BCUT2D eigenvalue weighted by Gasteiger charge is -2.15. The zero-order valence-electron chi connectivity index (χ0n) is 14.5. The maximum atomic E-state index is 5.83. The molecule has 3 rings (SSSR count). The van der Waals surface area contributed by atoms with E-state index in [4.69, 9.17) is 14.2 Å². The first-order valence-corrected chi connectivity index (χ1v) is 11.9. The Morgan fingerprint density at radius 3 is 2.70 bits per heavy atom. The number of ether oxygens (including phenoxy) is 3. The van der Waals surface area contributed by atoms with Crippen LogP contribution in [0.15, 0.2) is 18.2 Å². The standard InChI is InChI=1S/C17H26N2O3Si/c1-13-15-11-14(17-21-7-8-22-17)5-6-16(15)19(18-13)12-20-9-10-23(2,3)4/h5-6,11,17H,7-10,12H2,1-4H3. The highest BCUT2D eigenvalue weighted by atomic mass is 28.3. The molecule has 0 bridgehead atoms. The maximum Gasteiger partial charge on any atom is 0.184 e. The Balaban J connectivity index is 1.72. The minimum Gasteiger partial charge on any atom is -0.360 e. The zero-order valence-corrected chi connectivity index (χ0v) is 15.5. The third-order valence-corrected chi connectivity index (χ3v) is 5.77. The Labute approximate surface area is 138 Å². The van der Waals surface area contributed by atoms with Crippen molar-refractivity contribution >= 4 is 19.0 Å². The van der Waals surface area contributed by atoms with E-state index < -0.39 is 8.07 Å². The van der Waals surface area contributed by atoms with Crippen LogP contribution >= 0.6 is 0 Å². The van der Waals surface area contributed by atoms with Gasteiger partial charge in [-0.1, -0.05) is 25.7 Å². The lowest BCUT2D eigenvalue weighted by Crippen LogP contribution is -2.22. The van der Waals surface area contributed by atoms with Crippen LogP contribution < -0.4 is 0 Å². The van der Waals surface area contributed by atoms with Gasteiger partial charge in [-0.05, 0) is 25.1 Å². The van der Waals surface area contributed by atoms with Gasteiger partial charge in [-0.2, -0.15) is 5.10 Å².